The average Bonchev–Trinajstić information content (AvgIpc) is 2.53. The van der Waals surface area contributed by atoms with E-state index in [2.05, 4.69) is 78.2 Å². The van der Waals surface area contributed by atoms with Crippen LogP contribution < -0.4 is 0 Å². The van der Waals surface area contributed by atoms with E-state index in [4.69, 9.17) is 0 Å². The van der Waals surface area contributed by atoms with E-state index in [0.717, 1.165) is 0 Å². The molecule has 1 heteroatoms. The molecule has 94 valence electrons. The van der Waals surface area contributed by atoms with Crippen LogP contribution in [0.4, 0.5) is 0 Å². The van der Waals surface area contributed by atoms with Gasteiger partial charge in [-0.05, 0) is 27.4 Å². The highest BCUT2D eigenvalue weighted by Crippen LogP contribution is 2.70. The third kappa shape index (κ3) is 2.00. The van der Waals surface area contributed by atoms with Crippen LogP contribution in [0.2, 0.25) is 0 Å². The summed E-state index contributed by atoms with van der Waals surface area (Å²) in [6.45, 7) is 20.9. The molecule has 0 saturated carbocycles. The summed E-state index contributed by atoms with van der Waals surface area (Å²) in [5.41, 5.74) is 4.00. The summed E-state index contributed by atoms with van der Waals surface area (Å²) in [6.07, 6.45) is 0. The SMILES string of the molecule is CC(C)(C)C1=C(C(C)(C)C)C1(Br)C(C)(C)C. The first-order chi connectivity index (χ1) is 6.74. The standard InChI is InChI=1S/C15H27Br/c1-12(2,3)10-11(13(4,5)6)15(10,16)14(7,8)9/h1-9H3. The molecule has 0 amide bonds. The average molecular weight is 287 g/mol. The van der Waals surface area contributed by atoms with Gasteiger partial charge in [0.15, 0.2) is 0 Å². The van der Waals surface area contributed by atoms with Gasteiger partial charge in [0.1, 0.15) is 0 Å². The summed E-state index contributed by atoms with van der Waals surface area (Å²) in [5.74, 6) is 0. The maximum absolute atomic E-state index is 4.04. The lowest BCUT2D eigenvalue weighted by Crippen LogP contribution is -2.31. The van der Waals surface area contributed by atoms with Crippen molar-refractivity contribution in [2.24, 2.45) is 16.2 Å². The maximum atomic E-state index is 4.04. The largest absolute Gasteiger partial charge is 0.0749 e. The molecule has 0 atom stereocenters. The zero-order valence-electron chi connectivity index (χ0n) is 12.4. The molecule has 0 aliphatic heterocycles. The van der Waals surface area contributed by atoms with Crippen LogP contribution in [0.5, 0.6) is 0 Å². The normalized spacial score (nSPS) is 21.4. The van der Waals surface area contributed by atoms with Crippen molar-refractivity contribution in [3.63, 3.8) is 0 Å². The van der Waals surface area contributed by atoms with Gasteiger partial charge in [-0.25, -0.2) is 0 Å². The van der Waals surface area contributed by atoms with E-state index in [0.29, 0.717) is 0 Å². The van der Waals surface area contributed by atoms with Crippen LogP contribution in [0.25, 0.3) is 0 Å². The first-order valence-electron chi connectivity index (χ1n) is 6.19. The van der Waals surface area contributed by atoms with Gasteiger partial charge < -0.3 is 0 Å². The molecule has 0 saturated heterocycles. The summed E-state index contributed by atoms with van der Waals surface area (Å²) in [7, 11) is 0. The van der Waals surface area contributed by atoms with Crippen molar-refractivity contribution in [2.75, 3.05) is 0 Å². The fourth-order valence-corrected chi connectivity index (χ4v) is 4.28. The molecule has 0 aromatic rings. The Hall–Kier alpha value is 0.220. The molecule has 0 N–H and O–H groups in total. The van der Waals surface area contributed by atoms with Crippen LogP contribution in [0, 0.1) is 16.2 Å². The second-order valence-electron chi connectivity index (χ2n) is 8.16. The minimum atomic E-state index is 0.135. The molecule has 1 aliphatic rings. The summed E-state index contributed by atoms with van der Waals surface area (Å²) in [4.78, 5) is 0. The van der Waals surface area contributed by atoms with E-state index < -0.39 is 0 Å². The Balaban J connectivity index is 3.26. The van der Waals surface area contributed by atoms with Gasteiger partial charge in [-0.1, -0.05) is 78.2 Å². The molecule has 0 radical (unpaired) electrons. The quantitative estimate of drug-likeness (QED) is 0.403. The fourth-order valence-electron chi connectivity index (χ4n) is 2.79. The van der Waals surface area contributed by atoms with E-state index >= 15 is 0 Å². The first-order valence-corrected chi connectivity index (χ1v) is 6.98. The summed E-state index contributed by atoms with van der Waals surface area (Å²) < 4.78 is 0.135. The highest BCUT2D eigenvalue weighted by molar-refractivity contribution is 9.10. The van der Waals surface area contributed by atoms with Crippen molar-refractivity contribution >= 4 is 15.9 Å². The van der Waals surface area contributed by atoms with Crippen molar-refractivity contribution in [3.05, 3.63) is 11.1 Å². The van der Waals surface area contributed by atoms with Crippen molar-refractivity contribution in [1.82, 2.24) is 0 Å². The molecule has 0 fully saturated rings. The lowest BCUT2D eigenvalue weighted by Gasteiger charge is -2.34. The molecular formula is C15H27Br. The van der Waals surface area contributed by atoms with Gasteiger partial charge in [0.2, 0.25) is 0 Å². The predicted molar refractivity (Wildman–Crippen MR) is 77.0 cm³/mol. The molecule has 0 heterocycles. The first kappa shape index (κ1) is 14.3. The molecule has 0 aromatic carbocycles. The van der Waals surface area contributed by atoms with E-state index in [1.807, 2.05) is 0 Å². The zero-order chi connectivity index (χ0) is 13.2. The summed E-state index contributed by atoms with van der Waals surface area (Å²) >= 11 is 4.04. The highest BCUT2D eigenvalue weighted by atomic mass is 79.9. The van der Waals surface area contributed by atoms with Gasteiger partial charge >= 0.3 is 0 Å². The number of hydrogen-bond donors (Lipinski definition) is 0. The Kier molecular flexibility index (Phi) is 3.01. The minimum Gasteiger partial charge on any atom is -0.0749 e. The number of alkyl halides is 1. The Labute approximate surface area is 110 Å². The monoisotopic (exact) mass is 286 g/mol. The second-order valence-corrected chi connectivity index (χ2v) is 9.35. The molecule has 16 heavy (non-hydrogen) atoms. The van der Waals surface area contributed by atoms with Crippen molar-refractivity contribution in [2.45, 2.75) is 66.6 Å². The van der Waals surface area contributed by atoms with Gasteiger partial charge in [0, 0.05) is 0 Å². The molecule has 0 spiro atoms. The number of allylic oxidation sites excluding steroid dienone is 2. The van der Waals surface area contributed by atoms with Crippen molar-refractivity contribution in [1.29, 1.82) is 0 Å². The predicted octanol–water partition coefficient (Wildman–Crippen LogP) is 5.57. The van der Waals surface area contributed by atoms with Crippen LogP contribution in [0.15, 0.2) is 11.1 Å². The molecule has 1 aliphatic carbocycles. The molecule has 0 bridgehead atoms. The van der Waals surface area contributed by atoms with Gasteiger partial charge in [-0.15, -0.1) is 0 Å². The van der Waals surface area contributed by atoms with Gasteiger partial charge in [0.05, 0.1) is 4.32 Å². The highest BCUT2D eigenvalue weighted by Gasteiger charge is 2.64. The van der Waals surface area contributed by atoms with Crippen molar-refractivity contribution in [3.8, 4) is 0 Å². The number of halogens is 1. The third-order valence-corrected chi connectivity index (χ3v) is 5.39. The van der Waals surface area contributed by atoms with Crippen LogP contribution in [-0.4, -0.2) is 4.32 Å². The zero-order valence-corrected chi connectivity index (χ0v) is 14.0. The van der Waals surface area contributed by atoms with E-state index in [-0.39, 0.29) is 20.6 Å². The molecule has 0 aromatic heterocycles. The smallest absolute Gasteiger partial charge is 0.0740 e. The Morgan fingerprint density at radius 1 is 0.688 bits per heavy atom. The molecular weight excluding hydrogens is 260 g/mol. The van der Waals surface area contributed by atoms with Crippen LogP contribution in [0.1, 0.15) is 62.3 Å². The van der Waals surface area contributed by atoms with Gasteiger partial charge in [0.25, 0.3) is 0 Å². The molecule has 0 unspecified atom stereocenters. The number of hydrogen-bond acceptors (Lipinski definition) is 0. The maximum Gasteiger partial charge on any atom is 0.0740 e. The van der Waals surface area contributed by atoms with E-state index in [1.54, 1.807) is 11.1 Å². The Morgan fingerprint density at radius 2 is 0.938 bits per heavy atom. The van der Waals surface area contributed by atoms with Crippen LogP contribution in [0.3, 0.4) is 0 Å². The van der Waals surface area contributed by atoms with E-state index in [1.165, 1.54) is 0 Å². The topological polar surface area (TPSA) is 0 Å². The van der Waals surface area contributed by atoms with Crippen molar-refractivity contribution < 1.29 is 0 Å². The second kappa shape index (κ2) is 3.37. The summed E-state index contributed by atoms with van der Waals surface area (Å²) in [5, 5.41) is 0. The Bertz CT molecular complexity index is 302. The van der Waals surface area contributed by atoms with Crippen LogP contribution in [-0.2, 0) is 0 Å². The fraction of sp³-hybridized carbons (Fsp3) is 0.867. The minimum absolute atomic E-state index is 0.135. The lowest BCUT2D eigenvalue weighted by atomic mass is 9.78. The van der Waals surface area contributed by atoms with Gasteiger partial charge in [-0.3, -0.25) is 0 Å². The Morgan fingerprint density at radius 3 is 1.00 bits per heavy atom. The van der Waals surface area contributed by atoms with Gasteiger partial charge in [-0.2, -0.15) is 0 Å². The lowest BCUT2D eigenvalue weighted by molar-refractivity contribution is 0.349. The number of rotatable bonds is 0. The molecule has 0 nitrogen and oxygen atoms in total. The van der Waals surface area contributed by atoms with E-state index in [9.17, 15) is 0 Å². The van der Waals surface area contributed by atoms with Crippen LogP contribution >= 0.6 is 15.9 Å². The molecule has 1 rings (SSSR count). The third-order valence-electron chi connectivity index (χ3n) is 3.41. The summed E-state index contributed by atoms with van der Waals surface area (Å²) in [6, 6.07) is 0.